The third-order valence-electron chi connectivity index (χ3n) is 4.90. The molecule has 1 saturated heterocycles. The molecule has 0 aromatic heterocycles. The first kappa shape index (κ1) is 18.3. The highest BCUT2D eigenvalue weighted by Gasteiger charge is 2.23. The standard InChI is InChI=1S/C19H27ClN2O3/c1-13(2)22-6-3-5-14(12-22)11-21-19(23)15-9-16(20)18-17(10-15)24-7-4-8-25-18/h9-10,13-14H,3-8,11-12H2,1-2H3,(H,21,23). The van der Waals surface area contributed by atoms with Crippen LogP contribution in [0, 0.1) is 5.92 Å². The van der Waals surface area contributed by atoms with Gasteiger partial charge in [0.15, 0.2) is 11.5 Å². The van der Waals surface area contributed by atoms with Gasteiger partial charge in [-0.05, 0) is 51.3 Å². The van der Waals surface area contributed by atoms with E-state index in [4.69, 9.17) is 21.1 Å². The van der Waals surface area contributed by atoms with Crippen LogP contribution in [0.15, 0.2) is 12.1 Å². The van der Waals surface area contributed by atoms with E-state index in [2.05, 4.69) is 24.1 Å². The summed E-state index contributed by atoms with van der Waals surface area (Å²) in [5.74, 6) is 1.48. The number of amides is 1. The van der Waals surface area contributed by atoms with Crippen molar-refractivity contribution in [1.82, 2.24) is 10.2 Å². The molecule has 1 aromatic carbocycles. The molecule has 1 atom stereocenters. The summed E-state index contributed by atoms with van der Waals surface area (Å²) < 4.78 is 11.3. The van der Waals surface area contributed by atoms with Crippen LogP contribution >= 0.6 is 11.6 Å². The van der Waals surface area contributed by atoms with E-state index in [1.54, 1.807) is 12.1 Å². The van der Waals surface area contributed by atoms with Gasteiger partial charge in [0.1, 0.15) is 0 Å². The molecule has 2 aliphatic heterocycles. The Hall–Kier alpha value is -1.46. The Bertz CT molecular complexity index is 621. The third kappa shape index (κ3) is 4.59. The third-order valence-corrected chi connectivity index (χ3v) is 5.18. The Labute approximate surface area is 154 Å². The molecule has 1 fully saturated rings. The highest BCUT2D eigenvalue weighted by atomic mass is 35.5. The summed E-state index contributed by atoms with van der Waals surface area (Å²) in [6, 6.07) is 3.94. The monoisotopic (exact) mass is 366 g/mol. The lowest BCUT2D eigenvalue weighted by molar-refractivity contribution is 0.0922. The van der Waals surface area contributed by atoms with Gasteiger partial charge in [0.25, 0.3) is 5.91 Å². The second kappa shape index (κ2) is 8.28. The normalized spacial score (nSPS) is 21.0. The second-order valence-electron chi connectivity index (χ2n) is 7.14. The fourth-order valence-electron chi connectivity index (χ4n) is 3.43. The number of halogens is 1. The van der Waals surface area contributed by atoms with Gasteiger partial charge >= 0.3 is 0 Å². The number of carbonyl (C=O) groups is 1. The predicted octanol–water partition coefficient (Wildman–Crippen LogP) is 3.35. The van der Waals surface area contributed by atoms with E-state index < -0.39 is 0 Å². The van der Waals surface area contributed by atoms with Crippen LogP contribution in [-0.2, 0) is 0 Å². The first-order valence-electron chi connectivity index (χ1n) is 9.16. The maximum atomic E-state index is 12.5. The molecule has 138 valence electrons. The van der Waals surface area contributed by atoms with Crippen molar-refractivity contribution in [2.24, 2.45) is 5.92 Å². The minimum absolute atomic E-state index is 0.112. The number of piperidine rings is 1. The number of nitrogens with zero attached hydrogens (tertiary/aromatic N) is 1. The molecule has 0 spiro atoms. The Morgan fingerprint density at radius 1 is 1.32 bits per heavy atom. The van der Waals surface area contributed by atoms with E-state index in [-0.39, 0.29) is 5.91 Å². The first-order valence-corrected chi connectivity index (χ1v) is 9.54. The number of ether oxygens (including phenoxy) is 2. The second-order valence-corrected chi connectivity index (χ2v) is 7.55. The molecule has 25 heavy (non-hydrogen) atoms. The van der Waals surface area contributed by atoms with Crippen LogP contribution < -0.4 is 14.8 Å². The average molecular weight is 367 g/mol. The number of benzene rings is 1. The molecule has 1 unspecified atom stereocenters. The molecule has 0 saturated carbocycles. The highest BCUT2D eigenvalue weighted by molar-refractivity contribution is 6.32. The summed E-state index contributed by atoms with van der Waals surface area (Å²) in [5, 5.41) is 3.48. The van der Waals surface area contributed by atoms with Gasteiger partial charge in [0.05, 0.1) is 18.2 Å². The molecule has 1 amide bonds. The van der Waals surface area contributed by atoms with Gasteiger partial charge in [-0.25, -0.2) is 0 Å². The number of carbonyl (C=O) groups excluding carboxylic acids is 1. The molecule has 2 aliphatic rings. The van der Waals surface area contributed by atoms with Crippen molar-refractivity contribution < 1.29 is 14.3 Å². The molecule has 0 aliphatic carbocycles. The lowest BCUT2D eigenvalue weighted by atomic mass is 9.97. The van der Waals surface area contributed by atoms with Gasteiger partial charge in [-0.1, -0.05) is 11.6 Å². The molecular weight excluding hydrogens is 340 g/mol. The molecule has 0 radical (unpaired) electrons. The minimum Gasteiger partial charge on any atom is -0.489 e. The van der Waals surface area contributed by atoms with Crippen LogP contribution in [0.1, 0.15) is 43.5 Å². The van der Waals surface area contributed by atoms with E-state index >= 15 is 0 Å². The molecular formula is C19H27ClN2O3. The summed E-state index contributed by atoms with van der Waals surface area (Å²) in [6.07, 6.45) is 3.15. The zero-order valence-corrected chi connectivity index (χ0v) is 15.8. The number of nitrogens with one attached hydrogen (secondary N) is 1. The van der Waals surface area contributed by atoms with Crippen LogP contribution in [0.2, 0.25) is 5.02 Å². The van der Waals surface area contributed by atoms with E-state index in [9.17, 15) is 4.79 Å². The number of likely N-dealkylation sites (tertiary alicyclic amines) is 1. The molecule has 6 heteroatoms. The Balaban J connectivity index is 1.62. The molecule has 0 bridgehead atoms. The molecule has 1 N–H and O–H groups in total. The molecule has 3 rings (SSSR count). The fourth-order valence-corrected chi connectivity index (χ4v) is 3.70. The topological polar surface area (TPSA) is 50.8 Å². The van der Waals surface area contributed by atoms with Gasteiger partial charge in [0, 0.05) is 31.1 Å². The summed E-state index contributed by atoms with van der Waals surface area (Å²) >= 11 is 6.28. The maximum Gasteiger partial charge on any atom is 0.251 e. The number of hydrogen-bond acceptors (Lipinski definition) is 4. The van der Waals surface area contributed by atoms with E-state index in [0.717, 1.165) is 25.9 Å². The van der Waals surface area contributed by atoms with Crippen LogP contribution in [0.3, 0.4) is 0 Å². The molecule has 2 heterocycles. The maximum absolute atomic E-state index is 12.5. The Morgan fingerprint density at radius 2 is 2.12 bits per heavy atom. The summed E-state index contributed by atoms with van der Waals surface area (Å²) in [5.41, 5.74) is 0.519. The van der Waals surface area contributed by atoms with Crippen molar-refractivity contribution >= 4 is 17.5 Å². The number of rotatable bonds is 4. The van der Waals surface area contributed by atoms with E-state index in [1.807, 2.05) is 0 Å². The number of hydrogen-bond donors (Lipinski definition) is 1. The van der Waals surface area contributed by atoms with Crippen LogP contribution in [0.5, 0.6) is 11.5 Å². The van der Waals surface area contributed by atoms with E-state index in [0.29, 0.717) is 53.8 Å². The summed E-state index contributed by atoms with van der Waals surface area (Å²) in [4.78, 5) is 15.0. The zero-order valence-electron chi connectivity index (χ0n) is 15.0. The highest BCUT2D eigenvalue weighted by Crippen LogP contribution is 2.38. The molecule has 1 aromatic rings. The lowest BCUT2D eigenvalue weighted by Gasteiger charge is -2.35. The quantitative estimate of drug-likeness (QED) is 0.887. The fraction of sp³-hybridized carbons (Fsp3) is 0.632. The van der Waals surface area contributed by atoms with Crippen molar-refractivity contribution in [2.75, 3.05) is 32.8 Å². The SMILES string of the molecule is CC(C)N1CCCC(CNC(=O)c2cc(Cl)c3c(c2)OCCCO3)C1. The van der Waals surface area contributed by atoms with Crippen molar-refractivity contribution in [1.29, 1.82) is 0 Å². The van der Waals surface area contributed by atoms with Crippen LogP contribution in [0.4, 0.5) is 0 Å². The van der Waals surface area contributed by atoms with Crippen molar-refractivity contribution in [3.05, 3.63) is 22.7 Å². The van der Waals surface area contributed by atoms with Gasteiger partial charge in [0.2, 0.25) is 0 Å². The summed E-state index contributed by atoms with van der Waals surface area (Å²) in [6.45, 7) is 8.48. The van der Waals surface area contributed by atoms with Crippen molar-refractivity contribution in [3.63, 3.8) is 0 Å². The number of fused-ring (bicyclic) bond motifs is 1. The van der Waals surface area contributed by atoms with Gasteiger partial charge in [-0.2, -0.15) is 0 Å². The average Bonchev–Trinajstić information content (AvgIpc) is 2.85. The smallest absolute Gasteiger partial charge is 0.251 e. The van der Waals surface area contributed by atoms with Crippen LogP contribution in [0.25, 0.3) is 0 Å². The predicted molar refractivity (Wildman–Crippen MR) is 98.8 cm³/mol. The van der Waals surface area contributed by atoms with Crippen LogP contribution in [-0.4, -0.2) is 49.7 Å². The minimum atomic E-state index is -0.112. The lowest BCUT2D eigenvalue weighted by Crippen LogP contribution is -2.43. The van der Waals surface area contributed by atoms with Gasteiger partial charge in [-0.15, -0.1) is 0 Å². The zero-order chi connectivity index (χ0) is 17.8. The van der Waals surface area contributed by atoms with Crippen molar-refractivity contribution in [2.45, 2.75) is 39.2 Å². The summed E-state index contributed by atoms with van der Waals surface area (Å²) in [7, 11) is 0. The van der Waals surface area contributed by atoms with Gasteiger partial charge in [-0.3, -0.25) is 4.79 Å². The largest absolute Gasteiger partial charge is 0.489 e. The van der Waals surface area contributed by atoms with Gasteiger partial charge < -0.3 is 19.7 Å². The first-order chi connectivity index (χ1) is 12.0. The Morgan fingerprint density at radius 3 is 2.92 bits per heavy atom. The molecule has 5 nitrogen and oxygen atoms in total. The Kier molecular flexibility index (Phi) is 6.07. The van der Waals surface area contributed by atoms with E-state index in [1.165, 1.54) is 6.42 Å². The van der Waals surface area contributed by atoms with Crippen molar-refractivity contribution in [3.8, 4) is 11.5 Å².